The second kappa shape index (κ2) is 14.9. The third kappa shape index (κ3) is 8.58. The number of hydrogen-bond acceptors (Lipinski definition) is 13. The van der Waals surface area contributed by atoms with E-state index in [0.29, 0.717) is 35.3 Å². The molecule has 1 aliphatic rings. The molecule has 1 fully saturated rings. The fourth-order valence-corrected chi connectivity index (χ4v) is 5.58. The zero-order valence-corrected chi connectivity index (χ0v) is 25.4. The van der Waals surface area contributed by atoms with Gasteiger partial charge in [0.15, 0.2) is 28.9 Å². The van der Waals surface area contributed by atoms with Crippen LogP contribution in [0, 0.1) is 0 Å². The van der Waals surface area contributed by atoms with Crippen molar-refractivity contribution in [1.29, 1.82) is 0 Å². The fraction of sp³-hybridized carbons (Fsp3) is 0.556. The molecule has 0 aliphatic carbocycles. The van der Waals surface area contributed by atoms with E-state index in [9.17, 15) is 19.2 Å². The van der Waals surface area contributed by atoms with Crippen LogP contribution >= 0.6 is 11.8 Å². The number of rotatable bonds is 12. The predicted molar refractivity (Wildman–Crippen MR) is 148 cm³/mol. The number of thioether (sulfide) groups is 1. The van der Waals surface area contributed by atoms with E-state index in [-0.39, 0.29) is 6.61 Å². The van der Waals surface area contributed by atoms with E-state index < -0.39 is 53.6 Å². The molecule has 0 bridgehead atoms. The van der Waals surface area contributed by atoms with Crippen LogP contribution in [0.15, 0.2) is 23.4 Å². The average molecular weight is 609 g/mol. The van der Waals surface area contributed by atoms with Crippen LogP contribution in [0.2, 0.25) is 0 Å². The number of hydrogen-bond donors (Lipinski definition) is 1. The van der Waals surface area contributed by atoms with Crippen molar-refractivity contribution in [2.24, 2.45) is 7.05 Å². The Morgan fingerprint density at radius 1 is 0.929 bits per heavy atom. The number of methoxy groups -OCH3 is 2. The Balaban J connectivity index is 1.87. The molecule has 2 heterocycles. The van der Waals surface area contributed by atoms with Gasteiger partial charge in [0.2, 0.25) is 5.91 Å². The highest BCUT2D eigenvalue weighted by atomic mass is 32.2. The van der Waals surface area contributed by atoms with Crippen molar-refractivity contribution in [3.05, 3.63) is 29.6 Å². The van der Waals surface area contributed by atoms with Gasteiger partial charge in [0.05, 0.1) is 14.2 Å². The Morgan fingerprint density at radius 2 is 1.60 bits per heavy atom. The molecule has 1 N–H and O–H groups in total. The molecule has 2 aromatic rings. The van der Waals surface area contributed by atoms with Crippen LogP contribution in [0.1, 0.15) is 39.1 Å². The lowest BCUT2D eigenvalue weighted by atomic mass is 9.97. The Bertz CT molecular complexity index is 1290. The monoisotopic (exact) mass is 608 g/mol. The minimum absolute atomic E-state index is 0.287. The molecule has 0 unspecified atom stereocenters. The van der Waals surface area contributed by atoms with Gasteiger partial charge in [0.1, 0.15) is 30.0 Å². The van der Waals surface area contributed by atoms with Gasteiger partial charge in [-0.15, -0.1) is 10.2 Å². The van der Waals surface area contributed by atoms with E-state index in [1.165, 1.54) is 27.7 Å². The Morgan fingerprint density at radius 3 is 2.19 bits per heavy atom. The largest absolute Gasteiger partial charge is 0.493 e. The Hall–Kier alpha value is -3.85. The van der Waals surface area contributed by atoms with Crippen molar-refractivity contribution in [3.63, 3.8) is 0 Å². The zero-order valence-electron chi connectivity index (χ0n) is 24.6. The van der Waals surface area contributed by atoms with Crippen molar-refractivity contribution in [3.8, 4) is 11.5 Å². The SMILES string of the molecule is COc1ccc(CCc2nnc(S[C@@H]3O[C@H](COC(C)=O)[C@H](OC(C)=O)[C@@H](OC(C)=O)[C@@H]3NC(C)=O)n2C)cc1OC. The fourth-order valence-electron chi connectivity index (χ4n) is 4.45. The summed E-state index contributed by atoms with van der Waals surface area (Å²) in [5.74, 6) is -0.404. The summed E-state index contributed by atoms with van der Waals surface area (Å²) in [7, 11) is 4.95. The molecule has 1 aromatic heterocycles. The minimum atomic E-state index is -1.17. The Kier molecular flexibility index (Phi) is 11.6. The summed E-state index contributed by atoms with van der Waals surface area (Å²) in [6.07, 6.45) is -2.13. The van der Waals surface area contributed by atoms with Gasteiger partial charge in [-0.05, 0) is 24.1 Å². The van der Waals surface area contributed by atoms with Gasteiger partial charge in [0.25, 0.3) is 0 Å². The van der Waals surface area contributed by atoms with Crippen LogP contribution in [0.3, 0.4) is 0 Å². The quantitative estimate of drug-likeness (QED) is 0.271. The highest BCUT2D eigenvalue weighted by Gasteiger charge is 2.51. The molecule has 1 aliphatic heterocycles. The third-order valence-electron chi connectivity index (χ3n) is 6.30. The second-order valence-corrected chi connectivity index (χ2v) is 10.6. The van der Waals surface area contributed by atoms with E-state index in [1.807, 2.05) is 18.2 Å². The number of aryl methyl sites for hydroxylation is 2. The molecule has 1 amide bonds. The molecular weight excluding hydrogens is 572 g/mol. The first-order chi connectivity index (χ1) is 19.9. The summed E-state index contributed by atoms with van der Waals surface area (Å²) in [6.45, 7) is 4.62. The molecule has 5 atom stereocenters. The lowest BCUT2D eigenvalue weighted by Gasteiger charge is -2.44. The normalized spacial score (nSPS) is 21.6. The number of amides is 1. The molecule has 1 aromatic carbocycles. The van der Waals surface area contributed by atoms with E-state index >= 15 is 0 Å². The molecule has 0 saturated carbocycles. The number of carbonyl (C=O) groups excluding carboxylic acids is 4. The number of benzene rings is 1. The Labute approximate surface area is 247 Å². The summed E-state index contributed by atoms with van der Waals surface area (Å²) in [4.78, 5) is 47.8. The summed E-state index contributed by atoms with van der Waals surface area (Å²) in [6, 6.07) is 4.72. The minimum Gasteiger partial charge on any atom is -0.493 e. The highest BCUT2D eigenvalue weighted by Crippen LogP contribution is 2.36. The summed E-state index contributed by atoms with van der Waals surface area (Å²) < 4.78 is 34.9. The van der Waals surface area contributed by atoms with Gasteiger partial charge in [-0.2, -0.15) is 0 Å². The number of carbonyl (C=O) groups is 4. The summed E-state index contributed by atoms with van der Waals surface area (Å²) >= 11 is 1.13. The van der Waals surface area contributed by atoms with Crippen LogP contribution in [0.4, 0.5) is 0 Å². The second-order valence-electron chi connectivity index (χ2n) is 9.48. The smallest absolute Gasteiger partial charge is 0.303 e. The number of ether oxygens (including phenoxy) is 6. The molecule has 15 heteroatoms. The molecule has 230 valence electrons. The number of aromatic nitrogens is 3. The van der Waals surface area contributed by atoms with Gasteiger partial charge in [-0.3, -0.25) is 19.2 Å². The number of nitrogens with one attached hydrogen (secondary N) is 1. The van der Waals surface area contributed by atoms with Crippen molar-refractivity contribution in [2.45, 2.75) is 75.5 Å². The van der Waals surface area contributed by atoms with Gasteiger partial charge in [0, 0.05) is 41.2 Å². The summed E-state index contributed by atoms with van der Waals surface area (Å²) in [5, 5.41) is 11.8. The molecule has 0 spiro atoms. The van der Waals surface area contributed by atoms with E-state index in [1.54, 1.807) is 25.8 Å². The number of nitrogens with zero attached hydrogens (tertiary/aromatic N) is 3. The van der Waals surface area contributed by atoms with Crippen LogP contribution < -0.4 is 14.8 Å². The van der Waals surface area contributed by atoms with Gasteiger partial charge in [-0.1, -0.05) is 17.8 Å². The van der Waals surface area contributed by atoms with Crippen LogP contribution in [-0.4, -0.2) is 89.2 Å². The molecule has 1 saturated heterocycles. The molecule has 42 heavy (non-hydrogen) atoms. The molecule has 3 rings (SSSR count). The topological polar surface area (TPSA) is 166 Å². The van der Waals surface area contributed by atoms with Gasteiger partial charge >= 0.3 is 17.9 Å². The van der Waals surface area contributed by atoms with Crippen molar-refractivity contribution in [1.82, 2.24) is 20.1 Å². The average Bonchev–Trinajstić information content (AvgIpc) is 3.27. The van der Waals surface area contributed by atoms with Gasteiger partial charge in [-0.25, -0.2) is 0 Å². The maximum atomic E-state index is 12.2. The van der Waals surface area contributed by atoms with Crippen molar-refractivity contribution < 1.29 is 47.6 Å². The lowest BCUT2D eigenvalue weighted by molar-refractivity contribution is -0.211. The first-order valence-electron chi connectivity index (χ1n) is 13.1. The number of esters is 3. The first-order valence-corrected chi connectivity index (χ1v) is 14.0. The first kappa shape index (κ1) is 32.7. The van der Waals surface area contributed by atoms with E-state index in [4.69, 9.17) is 28.4 Å². The van der Waals surface area contributed by atoms with Crippen molar-refractivity contribution >= 4 is 35.6 Å². The lowest BCUT2D eigenvalue weighted by Crippen LogP contribution is -2.65. The molecule has 14 nitrogen and oxygen atoms in total. The maximum Gasteiger partial charge on any atom is 0.303 e. The summed E-state index contributed by atoms with van der Waals surface area (Å²) in [5.41, 5.74) is 0.118. The van der Waals surface area contributed by atoms with E-state index in [2.05, 4.69) is 15.5 Å². The van der Waals surface area contributed by atoms with Crippen LogP contribution in [0.25, 0.3) is 0 Å². The van der Waals surface area contributed by atoms with Crippen molar-refractivity contribution in [2.75, 3.05) is 20.8 Å². The molecule has 0 radical (unpaired) electrons. The third-order valence-corrected chi connectivity index (χ3v) is 7.51. The molecular formula is C27H36N4O10S. The predicted octanol–water partition coefficient (Wildman–Crippen LogP) is 1.37. The van der Waals surface area contributed by atoms with Crippen LogP contribution in [0.5, 0.6) is 11.5 Å². The van der Waals surface area contributed by atoms with Gasteiger partial charge < -0.3 is 38.3 Å². The zero-order chi connectivity index (χ0) is 31.0. The van der Waals surface area contributed by atoms with E-state index in [0.717, 1.165) is 17.3 Å². The highest BCUT2D eigenvalue weighted by molar-refractivity contribution is 7.99. The maximum absolute atomic E-state index is 12.2. The standard InChI is InChI=1S/C27H36N4O10S/c1-14(32)28-23-25(40-17(4)35)24(39-16(3)34)21(13-38-15(2)33)41-26(23)42-27-30-29-22(31(27)5)11-9-18-8-10-19(36-6)20(12-18)37-7/h8,10,12,21,23-26H,9,11,13H2,1-7H3,(H,28,32)/t21-,23+,24+,25+,26+/m1/s1. The van der Waals surface area contributed by atoms with Crippen LogP contribution in [-0.2, 0) is 58.0 Å².